The van der Waals surface area contributed by atoms with Gasteiger partial charge in [-0.15, -0.1) is 12.4 Å². The molecule has 0 aromatic heterocycles. The van der Waals surface area contributed by atoms with E-state index < -0.39 is 12.0 Å². The third kappa shape index (κ3) is 5.79. The Balaban J connectivity index is 0.00000364. The van der Waals surface area contributed by atoms with Gasteiger partial charge >= 0.3 is 0 Å². The van der Waals surface area contributed by atoms with Crippen molar-refractivity contribution in [3.8, 4) is 5.75 Å². The van der Waals surface area contributed by atoms with Gasteiger partial charge in [-0.1, -0.05) is 35.9 Å². The average molecular weight is 430 g/mol. The number of benzene rings is 2. The van der Waals surface area contributed by atoms with Crippen LogP contribution in [0.5, 0.6) is 5.75 Å². The Kier molecular flexibility index (Phi) is 8.43. The SMILES string of the molecule is C=CCOc1c(Cl)cc(Cl)cc1C(Nc1ccc(C(=N)N)cc1)C(=O)[O-].Cl. The molecule has 0 bridgehead atoms. The van der Waals surface area contributed by atoms with Gasteiger partial charge in [0.2, 0.25) is 0 Å². The fourth-order valence-electron chi connectivity index (χ4n) is 2.27. The van der Waals surface area contributed by atoms with Gasteiger partial charge in [0.05, 0.1) is 17.0 Å². The Morgan fingerprint density at radius 3 is 2.48 bits per heavy atom. The zero-order chi connectivity index (χ0) is 19.3. The monoisotopic (exact) mass is 428 g/mol. The Morgan fingerprint density at radius 1 is 1.33 bits per heavy atom. The normalized spacial score (nSPS) is 11.0. The number of hydrogen-bond acceptors (Lipinski definition) is 5. The molecule has 0 aliphatic carbocycles. The van der Waals surface area contributed by atoms with E-state index in [1.807, 2.05) is 0 Å². The molecular weight excluding hydrogens is 413 g/mol. The second-order valence-corrected chi connectivity index (χ2v) is 6.14. The van der Waals surface area contributed by atoms with E-state index in [2.05, 4.69) is 11.9 Å². The first-order valence-electron chi connectivity index (χ1n) is 7.48. The number of anilines is 1. The number of carbonyl (C=O) groups is 1. The number of amidine groups is 1. The summed E-state index contributed by atoms with van der Waals surface area (Å²) >= 11 is 12.2. The largest absolute Gasteiger partial charge is 0.548 e. The Hall–Kier alpha value is -2.41. The van der Waals surface area contributed by atoms with E-state index in [9.17, 15) is 9.90 Å². The van der Waals surface area contributed by atoms with Crippen molar-refractivity contribution in [1.82, 2.24) is 0 Å². The maximum absolute atomic E-state index is 11.7. The summed E-state index contributed by atoms with van der Waals surface area (Å²) in [5, 5.41) is 22.4. The molecule has 1 unspecified atom stereocenters. The number of nitrogens with two attached hydrogens (primary N) is 1. The van der Waals surface area contributed by atoms with Gasteiger partial charge in [0.25, 0.3) is 0 Å². The van der Waals surface area contributed by atoms with Crippen molar-refractivity contribution in [2.45, 2.75) is 6.04 Å². The summed E-state index contributed by atoms with van der Waals surface area (Å²) in [7, 11) is 0. The van der Waals surface area contributed by atoms with Gasteiger partial charge in [0.15, 0.2) is 0 Å². The van der Waals surface area contributed by atoms with Gasteiger partial charge in [-0.3, -0.25) is 5.41 Å². The zero-order valence-corrected chi connectivity index (χ0v) is 16.3. The molecule has 0 heterocycles. The van der Waals surface area contributed by atoms with Crippen LogP contribution < -0.4 is 20.9 Å². The molecule has 9 heteroatoms. The lowest BCUT2D eigenvalue weighted by Gasteiger charge is -2.24. The number of aliphatic carboxylic acids is 1. The van der Waals surface area contributed by atoms with Crippen molar-refractivity contribution in [2.24, 2.45) is 5.73 Å². The first-order chi connectivity index (χ1) is 12.3. The van der Waals surface area contributed by atoms with E-state index >= 15 is 0 Å². The quantitative estimate of drug-likeness (QED) is 0.339. The summed E-state index contributed by atoms with van der Waals surface area (Å²) in [6.45, 7) is 3.70. The highest BCUT2D eigenvalue weighted by molar-refractivity contribution is 6.35. The van der Waals surface area contributed by atoms with E-state index in [4.69, 9.17) is 39.1 Å². The van der Waals surface area contributed by atoms with Crippen LogP contribution in [0.1, 0.15) is 17.2 Å². The van der Waals surface area contributed by atoms with E-state index in [1.165, 1.54) is 18.2 Å². The minimum absolute atomic E-state index is 0. The third-order valence-corrected chi connectivity index (χ3v) is 3.94. The number of rotatable bonds is 8. The topological polar surface area (TPSA) is 111 Å². The van der Waals surface area contributed by atoms with Crippen LogP contribution in [0.3, 0.4) is 0 Å². The molecule has 1 atom stereocenters. The average Bonchev–Trinajstić information content (AvgIpc) is 2.58. The van der Waals surface area contributed by atoms with Crippen LogP contribution in [0.2, 0.25) is 10.0 Å². The highest BCUT2D eigenvalue weighted by Crippen LogP contribution is 2.37. The van der Waals surface area contributed by atoms with Gasteiger partial charge in [0, 0.05) is 21.8 Å². The van der Waals surface area contributed by atoms with E-state index in [1.54, 1.807) is 24.3 Å². The molecule has 0 saturated heterocycles. The van der Waals surface area contributed by atoms with Gasteiger partial charge in [0.1, 0.15) is 18.2 Å². The van der Waals surface area contributed by atoms with Crippen LogP contribution in [-0.2, 0) is 4.79 Å². The fourth-order valence-corrected chi connectivity index (χ4v) is 2.83. The molecule has 144 valence electrons. The molecule has 2 aromatic carbocycles. The van der Waals surface area contributed by atoms with E-state index in [0.29, 0.717) is 11.3 Å². The second-order valence-electron chi connectivity index (χ2n) is 5.29. The van der Waals surface area contributed by atoms with Crippen molar-refractivity contribution in [3.05, 3.63) is 70.2 Å². The van der Waals surface area contributed by atoms with Gasteiger partial charge in [-0.25, -0.2) is 0 Å². The first-order valence-corrected chi connectivity index (χ1v) is 8.23. The Labute approximate surface area is 172 Å². The number of nitrogens with one attached hydrogen (secondary N) is 2. The molecular formula is C18H17Cl3N3O3-. The lowest BCUT2D eigenvalue weighted by molar-refractivity contribution is -0.307. The zero-order valence-electron chi connectivity index (χ0n) is 14.0. The van der Waals surface area contributed by atoms with Crippen molar-refractivity contribution in [2.75, 3.05) is 11.9 Å². The van der Waals surface area contributed by atoms with Crippen LogP contribution in [0.4, 0.5) is 5.69 Å². The fraction of sp³-hybridized carbons (Fsp3) is 0.111. The third-order valence-electron chi connectivity index (χ3n) is 3.44. The number of carboxylic acid groups (broad SMARTS) is 1. The highest BCUT2D eigenvalue weighted by Gasteiger charge is 2.21. The minimum atomic E-state index is -1.39. The summed E-state index contributed by atoms with van der Waals surface area (Å²) in [6, 6.07) is 8.03. The molecule has 0 fully saturated rings. The molecule has 2 rings (SSSR count). The predicted octanol–water partition coefficient (Wildman–Crippen LogP) is 3.17. The molecule has 0 radical (unpaired) electrons. The van der Waals surface area contributed by atoms with Crippen molar-refractivity contribution in [3.63, 3.8) is 0 Å². The van der Waals surface area contributed by atoms with Crippen molar-refractivity contribution in [1.29, 1.82) is 5.41 Å². The van der Waals surface area contributed by atoms with Crippen molar-refractivity contribution >= 4 is 53.1 Å². The summed E-state index contributed by atoms with van der Waals surface area (Å²) in [5.41, 5.74) is 6.63. The predicted molar refractivity (Wildman–Crippen MR) is 108 cm³/mol. The number of ether oxygens (including phenoxy) is 1. The molecule has 0 aliphatic heterocycles. The molecule has 0 saturated carbocycles. The summed E-state index contributed by atoms with van der Waals surface area (Å²) < 4.78 is 5.51. The van der Waals surface area contributed by atoms with Gasteiger partial charge < -0.3 is 25.7 Å². The number of halogens is 3. The maximum atomic E-state index is 11.7. The van der Waals surface area contributed by atoms with E-state index in [0.717, 1.165) is 0 Å². The molecule has 0 spiro atoms. The van der Waals surface area contributed by atoms with Crippen LogP contribution in [0.15, 0.2) is 49.1 Å². The lowest BCUT2D eigenvalue weighted by Crippen LogP contribution is -2.34. The molecule has 27 heavy (non-hydrogen) atoms. The van der Waals surface area contributed by atoms with Crippen LogP contribution in [0, 0.1) is 5.41 Å². The first kappa shape index (κ1) is 22.6. The Morgan fingerprint density at radius 2 is 1.96 bits per heavy atom. The molecule has 6 nitrogen and oxygen atoms in total. The molecule has 0 amide bonds. The molecule has 4 N–H and O–H groups in total. The number of hydrogen-bond donors (Lipinski definition) is 3. The Bertz CT molecular complexity index is 842. The van der Waals surface area contributed by atoms with Gasteiger partial charge in [-0.05, 0) is 36.4 Å². The molecule has 2 aromatic rings. The van der Waals surface area contributed by atoms with Crippen LogP contribution in [0.25, 0.3) is 0 Å². The summed E-state index contributed by atoms with van der Waals surface area (Å²) in [4.78, 5) is 11.7. The highest BCUT2D eigenvalue weighted by atomic mass is 35.5. The van der Waals surface area contributed by atoms with E-state index in [-0.39, 0.29) is 46.2 Å². The summed E-state index contributed by atoms with van der Waals surface area (Å²) in [5.74, 6) is -1.30. The second kappa shape index (κ2) is 10.1. The summed E-state index contributed by atoms with van der Waals surface area (Å²) in [6.07, 6.45) is 1.51. The number of carboxylic acids is 1. The number of carbonyl (C=O) groups excluding carboxylic acids is 1. The van der Waals surface area contributed by atoms with Gasteiger partial charge in [-0.2, -0.15) is 0 Å². The van der Waals surface area contributed by atoms with Crippen LogP contribution in [-0.4, -0.2) is 18.4 Å². The standard InChI is InChI=1S/C18H17Cl2N3O3.ClH/c1-2-7-26-16-13(8-11(19)9-14(16)20)15(18(24)25)23-12-5-3-10(4-6-12)17(21)22;/h2-6,8-9,15,23H,1,7H2,(H3,21,22)(H,24,25);1H/p-1. The maximum Gasteiger partial charge on any atom is 0.144 e. The minimum Gasteiger partial charge on any atom is -0.548 e. The number of nitrogen functional groups attached to an aromatic ring is 1. The van der Waals surface area contributed by atoms with Crippen LogP contribution >= 0.6 is 35.6 Å². The lowest BCUT2D eigenvalue weighted by atomic mass is 10.0. The van der Waals surface area contributed by atoms with Crippen molar-refractivity contribution < 1.29 is 14.6 Å². The molecule has 0 aliphatic rings. The smallest absolute Gasteiger partial charge is 0.144 e.